The third-order valence-corrected chi connectivity index (χ3v) is 5.03. The molecule has 152 valence electrons. The van der Waals surface area contributed by atoms with E-state index in [0.717, 1.165) is 29.7 Å². The van der Waals surface area contributed by atoms with Crippen molar-refractivity contribution < 1.29 is 14.6 Å². The molecular formula is C24H33NO3. The molecule has 0 fully saturated rings. The van der Waals surface area contributed by atoms with Crippen LogP contribution in [0.25, 0.3) is 0 Å². The molecule has 0 aliphatic heterocycles. The van der Waals surface area contributed by atoms with Gasteiger partial charge < -0.3 is 15.2 Å². The Kier molecular flexibility index (Phi) is 8.52. The number of rotatable bonds is 10. The van der Waals surface area contributed by atoms with Crippen molar-refractivity contribution in [1.29, 1.82) is 0 Å². The Morgan fingerprint density at radius 3 is 2.21 bits per heavy atom. The van der Waals surface area contributed by atoms with Gasteiger partial charge in [-0.3, -0.25) is 4.79 Å². The molecule has 2 rings (SSSR count). The summed E-state index contributed by atoms with van der Waals surface area (Å²) in [6.07, 6.45) is 2.29. The lowest BCUT2D eigenvalue weighted by atomic mass is 9.98. The van der Waals surface area contributed by atoms with Crippen molar-refractivity contribution in [3.05, 3.63) is 65.2 Å². The zero-order valence-electron chi connectivity index (χ0n) is 17.4. The van der Waals surface area contributed by atoms with E-state index in [1.807, 2.05) is 62.4 Å². The topological polar surface area (TPSA) is 58.6 Å². The van der Waals surface area contributed by atoms with Gasteiger partial charge in [-0.1, -0.05) is 62.2 Å². The number of aryl methyl sites for hydroxylation is 1. The highest BCUT2D eigenvalue weighted by atomic mass is 16.5. The minimum atomic E-state index is -0.596. The molecule has 0 saturated heterocycles. The first-order valence-corrected chi connectivity index (χ1v) is 10.1. The fourth-order valence-electron chi connectivity index (χ4n) is 3.20. The summed E-state index contributed by atoms with van der Waals surface area (Å²) in [5.74, 6) is 0.530. The van der Waals surface area contributed by atoms with Gasteiger partial charge >= 0.3 is 0 Å². The molecule has 0 bridgehead atoms. The lowest BCUT2D eigenvalue weighted by Crippen LogP contribution is -2.33. The number of benzene rings is 2. The van der Waals surface area contributed by atoms with E-state index in [1.165, 1.54) is 5.56 Å². The van der Waals surface area contributed by atoms with E-state index in [1.54, 1.807) is 0 Å². The van der Waals surface area contributed by atoms with Gasteiger partial charge in [0.1, 0.15) is 5.75 Å². The SMILES string of the molecule is CCCC(C)COc1ccc(C(CO)C(=O)N[C@H](C)c2ccc(C)cc2)cc1. The molecule has 28 heavy (non-hydrogen) atoms. The average molecular weight is 384 g/mol. The van der Waals surface area contributed by atoms with Crippen molar-refractivity contribution >= 4 is 5.91 Å². The van der Waals surface area contributed by atoms with E-state index in [0.29, 0.717) is 12.5 Å². The number of aliphatic hydroxyl groups excluding tert-OH is 1. The Hall–Kier alpha value is -2.33. The number of carbonyl (C=O) groups is 1. The summed E-state index contributed by atoms with van der Waals surface area (Å²) < 4.78 is 5.82. The number of carbonyl (C=O) groups excluding carboxylic acids is 1. The van der Waals surface area contributed by atoms with Crippen molar-refractivity contribution in [2.45, 2.75) is 52.5 Å². The molecule has 0 saturated carbocycles. The Morgan fingerprint density at radius 1 is 1.04 bits per heavy atom. The molecule has 0 heterocycles. The summed E-state index contributed by atoms with van der Waals surface area (Å²) in [6.45, 7) is 8.79. The van der Waals surface area contributed by atoms with Gasteiger partial charge in [-0.25, -0.2) is 0 Å². The summed E-state index contributed by atoms with van der Waals surface area (Å²) >= 11 is 0. The number of aliphatic hydroxyl groups is 1. The maximum atomic E-state index is 12.7. The lowest BCUT2D eigenvalue weighted by Gasteiger charge is -2.20. The average Bonchev–Trinajstić information content (AvgIpc) is 2.68. The van der Waals surface area contributed by atoms with Crippen LogP contribution in [-0.2, 0) is 4.79 Å². The third-order valence-electron chi connectivity index (χ3n) is 5.03. The van der Waals surface area contributed by atoms with Crippen LogP contribution in [0.5, 0.6) is 5.75 Å². The Morgan fingerprint density at radius 2 is 1.64 bits per heavy atom. The van der Waals surface area contributed by atoms with Crippen molar-refractivity contribution in [3.63, 3.8) is 0 Å². The van der Waals surface area contributed by atoms with E-state index >= 15 is 0 Å². The van der Waals surface area contributed by atoms with Gasteiger partial charge in [0.25, 0.3) is 0 Å². The van der Waals surface area contributed by atoms with E-state index in [9.17, 15) is 9.90 Å². The van der Waals surface area contributed by atoms with Gasteiger partial charge in [-0.15, -0.1) is 0 Å². The molecule has 2 unspecified atom stereocenters. The molecule has 4 heteroatoms. The van der Waals surface area contributed by atoms with Crippen LogP contribution in [0.4, 0.5) is 0 Å². The second-order valence-electron chi connectivity index (χ2n) is 7.65. The number of amides is 1. The van der Waals surface area contributed by atoms with Gasteiger partial charge in [0.05, 0.1) is 25.2 Å². The molecule has 0 radical (unpaired) electrons. The second kappa shape index (κ2) is 10.9. The zero-order chi connectivity index (χ0) is 20.5. The smallest absolute Gasteiger partial charge is 0.230 e. The van der Waals surface area contributed by atoms with Crippen molar-refractivity contribution in [1.82, 2.24) is 5.32 Å². The summed E-state index contributed by atoms with van der Waals surface area (Å²) in [5.41, 5.74) is 3.01. The zero-order valence-corrected chi connectivity index (χ0v) is 17.4. The van der Waals surface area contributed by atoms with E-state index in [-0.39, 0.29) is 18.6 Å². The number of hydrogen-bond acceptors (Lipinski definition) is 3. The van der Waals surface area contributed by atoms with Crippen LogP contribution < -0.4 is 10.1 Å². The van der Waals surface area contributed by atoms with Gasteiger partial charge in [0, 0.05) is 0 Å². The maximum absolute atomic E-state index is 12.7. The highest BCUT2D eigenvalue weighted by Crippen LogP contribution is 2.22. The summed E-state index contributed by atoms with van der Waals surface area (Å²) in [4.78, 5) is 12.7. The Labute approximate surface area is 168 Å². The number of nitrogens with one attached hydrogen (secondary N) is 1. The standard InChI is InChI=1S/C24H33NO3/c1-5-6-18(3)16-28-22-13-11-21(12-14-22)23(15-26)24(27)25-19(4)20-9-7-17(2)8-10-20/h7-14,18-19,23,26H,5-6,15-16H2,1-4H3,(H,25,27)/t18?,19-,23?/m1/s1. The molecule has 2 N–H and O–H groups in total. The van der Waals surface area contributed by atoms with Crippen molar-refractivity contribution in [3.8, 4) is 5.75 Å². The minimum Gasteiger partial charge on any atom is -0.493 e. The minimum absolute atomic E-state index is 0.121. The van der Waals surface area contributed by atoms with Crippen LogP contribution in [0.3, 0.4) is 0 Å². The largest absolute Gasteiger partial charge is 0.493 e. The van der Waals surface area contributed by atoms with E-state index < -0.39 is 5.92 Å². The molecular weight excluding hydrogens is 350 g/mol. The van der Waals surface area contributed by atoms with Crippen LogP contribution in [0.2, 0.25) is 0 Å². The van der Waals surface area contributed by atoms with Crippen molar-refractivity contribution in [2.75, 3.05) is 13.2 Å². The van der Waals surface area contributed by atoms with Crippen LogP contribution >= 0.6 is 0 Å². The fourth-order valence-corrected chi connectivity index (χ4v) is 3.20. The molecule has 1 amide bonds. The molecule has 2 aromatic carbocycles. The Bertz CT molecular complexity index is 725. The first-order chi connectivity index (χ1) is 13.4. The monoisotopic (exact) mass is 383 g/mol. The highest BCUT2D eigenvalue weighted by molar-refractivity contribution is 5.84. The van der Waals surface area contributed by atoms with Gasteiger partial charge in [-0.05, 0) is 49.4 Å². The highest BCUT2D eigenvalue weighted by Gasteiger charge is 2.22. The quantitative estimate of drug-likeness (QED) is 0.622. The summed E-state index contributed by atoms with van der Waals surface area (Å²) in [7, 11) is 0. The summed E-state index contributed by atoms with van der Waals surface area (Å²) in [6, 6.07) is 15.4. The molecule has 3 atom stereocenters. The molecule has 0 aliphatic carbocycles. The molecule has 0 aliphatic rings. The van der Waals surface area contributed by atoms with Crippen LogP contribution in [0, 0.1) is 12.8 Å². The predicted molar refractivity (Wildman–Crippen MR) is 114 cm³/mol. The third kappa shape index (κ3) is 6.38. The molecule has 2 aromatic rings. The summed E-state index contributed by atoms with van der Waals surface area (Å²) in [5, 5.41) is 12.8. The van der Waals surface area contributed by atoms with E-state index in [4.69, 9.17) is 4.74 Å². The maximum Gasteiger partial charge on any atom is 0.230 e. The fraction of sp³-hybridized carbons (Fsp3) is 0.458. The van der Waals surface area contributed by atoms with Gasteiger partial charge in [0.15, 0.2) is 0 Å². The lowest BCUT2D eigenvalue weighted by molar-refractivity contribution is -0.124. The Balaban J connectivity index is 1.97. The first kappa shape index (κ1) is 22.0. The van der Waals surface area contributed by atoms with Crippen LogP contribution in [0.1, 0.15) is 62.3 Å². The molecule has 0 spiro atoms. The van der Waals surface area contributed by atoms with Crippen LogP contribution in [-0.4, -0.2) is 24.2 Å². The molecule has 4 nitrogen and oxygen atoms in total. The van der Waals surface area contributed by atoms with E-state index in [2.05, 4.69) is 19.2 Å². The molecule has 0 aromatic heterocycles. The van der Waals surface area contributed by atoms with Crippen molar-refractivity contribution in [2.24, 2.45) is 5.92 Å². The second-order valence-corrected chi connectivity index (χ2v) is 7.65. The van der Waals surface area contributed by atoms with Crippen LogP contribution in [0.15, 0.2) is 48.5 Å². The predicted octanol–water partition coefficient (Wildman–Crippen LogP) is 4.76. The normalized spacial score (nSPS) is 14.2. The van der Waals surface area contributed by atoms with Gasteiger partial charge in [0.2, 0.25) is 5.91 Å². The number of ether oxygens (including phenoxy) is 1. The first-order valence-electron chi connectivity index (χ1n) is 10.1. The number of hydrogen-bond donors (Lipinski definition) is 2. The van der Waals surface area contributed by atoms with Gasteiger partial charge in [-0.2, -0.15) is 0 Å².